The molecule has 0 aliphatic rings. The first-order chi connectivity index (χ1) is 5.79. The second-order valence-electron chi connectivity index (χ2n) is 2.14. The van der Waals surface area contributed by atoms with Crippen LogP contribution < -0.4 is 18.9 Å². The molecule has 0 unspecified atom stereocenters. The van der Waals surface area contributed by atoms with Crippen molar-refractivity contribution in [3.63, 3.8) is 0 Å². The van der Waals surface area contributed by atoms with Crippen molar-refractivity contribution in [3.8, 4) is 0 Å². The summed E-state index contributed by atoms with van der Waals surface area (Å²) in [7, 11) is 0. The van der Waals surface area contributed by atoms with E-state index in [0.29, 0.717) is 0 Å². The molecule has 0 amide bonds. The van der Waals surface area contributed by atoms with Crippen LogP contribution in [0.5, 0.6) is 0 Å². The SMILES string of the molecule is FC(F)=[C-]OCc1ccccc1.[Li+]. The zero-order valence-electron chi connectivity index (χ0n) is 7.26. The maximum absolute atomic E-state index is 11.4. The van der Waals surface area contributed by atoms with Crippen molar-refractivity contribution in [2.75, 3.05) is 0 Å². The summed E-state index contributed by atoms with van der Waals surface area (Å²) < 4.78 is 27.3. The molecule has 1 aromatic carbocycles. The van der Waals surface area contributed by atoms with Crippen LogP contribution in [0.15, 0.2) is 36.4 Å². The van der Waals surface area contributed by atoms with Gasteiger partial charge in [0.15, 0.2) is 0 Å². The summed E-state index contributed by atoms with van der Waals surface area (Å²) >= 11 is 0. The van der Waals surface area contributed by atoms with Gasteiger partial charge in [-0.15, -0.1) is 0 Å². The van der Waals surface area contributed by atoms with E-state index >= 15 is 0 Å². The van der Waals surface area contributed by atoms with E-state index in [2.05, 4.69) is 4.74 Å². The Hall–Kier alpha value is -0.783. The molecule has 0 N–H and O–H groups in total. The van der Waals surface area contributed by atoms with Gasteiger partial charge in [-0.05, 0) is 5.56 Å². The minimum absolute atomic E-state index is 0. The molecular weight excluding hydrogens is 169 g/mol. The number of benzene rings is 1. The van der Waals surface area contributed by atoms with E-state index in [-0.39, 0.29) is 25.5 Å². The predicted octanol–water partition coefficient (Wildman–Crippen LogP) is -0.252. The first-order valence-corrected chi connectivity index (χ1v) is 3.39. The molecule has 0 aliphatic heterocycles. The summed E-state index contributed by atoms with van der Waals surface area (Å²) in [6.45, 7) is 0.123. The van der Waals surface area contributed by atoms with Crippen LogP contribution >= 0.6 is 0 Å². The molecule has 0 atom stereocenters. The van der Waals surface area contributed by atoms with Gasteiger partial charge in [-0.2, -0.15) is 0 Å². The molecule has 0 saturated carbocycles. The van der Waals surface area contributed by atoms with Crippen LogP contribution in [0.4, 0.5) is 8.78 Å². The van der Waals surface area contributed by atoms with Crippen molar-refractivity contribution in [2.24, 2.45) is 0 Å². The van der Waals surface area contributed by atoms with Crippen molar-refractivity contribution < 1.29 is 32.4 Å². The van der Waals surface area contributed by atoms with Gasteiger partial charge in [0.25, 0.3) is 0 Å². The van der Waals surface area contributed by atoms with Crippen molar-refractivity contribution in [1.82, 2.24) is 0 Å². The largest absolute Gasteiger partial charge is 1.00 e. The summed E-state index contributed by atoms with van der Waals surface area (Å²) in [6.07, 6.45) is -0.462. The van der Waals surface area contributed by atoms with Crippen molar-refractivity contribution >= 4 is 0 Å². The fraction of sp³-hybridized carbons (Fsp3) is 0.111. The quantitative estimate of drug-likeness (QED) is 0.350. The van der Waals surface area contributed by atoms with E-state index in [0.717, 1.165) is 5.56 Å². The van der Waals surface area contributed by atoms with Crippen LogP contribution in [0.25, 0.3) is 0 Å². The van der Waals surface area contributed by atoms with Crippen molar-refractivity contribution in [1.29, 1.82) is 0 Å². The molecule has 0 spiro atoms. The number of ether oxygens (including phenoxy) is 1. The summed E-state index contributed by atoms with van der Waals surface area (Å²) in [5.74, 6) is 0. The van der Waals surface area contributed by atoms with Gasteiger partial charge in [-0.3, -0.25) is 0 Å². The normalized spacial score (nSPS) is 8.46. The fourth-order valence-corrected chi connectivity index (χ4v) is 0.748. The van der Waals surface area contributed by atoms with Gasteiger partial charge in [-0.1, -0.05) is 30.3 Å². The minimum Gasteiger partial charge on any atom is -0.685 e. The number of hydrogen-bond acceptors (Lipinski definition) is 1. The Morgan fingerprint density at radius 1 is 1.23 bits per heavy atom. The molecule has 0 aliphatic carbocycles. The Balaban J connectivity index is 0.00000144. The molecule has 13 heavy (non-hydrogen) atoms. The Labute approximate surface area is 87.6 Å². The number of rotatable bonds is 3. The van der Waals surface area contributed by atoms with E-state index in [9.17, 15) is 8.78 Å². The molecule has 1 aromatic rings. The molecular formula is C9H7F2LiO. The Morgan fingerprint density at radius 2 is 1.85 bits per heavy atom. The molecule has 0 radical (unpaired) electrons. The van der Waals surface area contributed by atoms with Gasteiger partial charge in [0, 0.05) is 0 Å². The third-order valence-electron chi connectivity index (χ3n) is 1.23. The Bertz CT molecular complexity index is 258. The summed E-state index contributed by atoms with van der Waals surface area (Å²) in [5, 5.41) is 0. The van der Waals surface area contributed by atoms with Crippen LogP contribution in [0.2, 0.25) is 0 Å². The first kappa shape index (κ1) is 12.2. The zero-order chi connectivity index (χ0) is 8.81. The average Bonchev–Trinajstić information content (AvgIpc) is 2.05. The Morgan fingerprint density at radius 3 is 2.38 bits per heavy atom. The van der Waals surface area contributed by atoms with E-state index in [1.54, 1.807) is 12.1 Å². The zero-order valence-corrected chi connectivity index (χ0v) is 7.26. The van der Waals surface area contributed by atoms with Gasteiger partial charge < -0.3 is 4.74 Å². The predicted molar refractivity (Wildman–Crippen MR) is 40.2 cm³/mol. The second-order valence-corrected chi connectivity index (χ2v) is 2.14. The van der Waals surface area contributed by atoms with Gasteiger partial charge in [0.05, 0.1) is 6.61 Å². The standard InChI is InChI=1S/C9H7F2O.Li/c10-9(11)7-12-6-8-4-2-1-3-5-8;/h1-5H,6H2;/q-1;+1. The third-order valence-corrected chi connectivity index (χ3v) is 1.23. The van der Waals surface area contributed by atoms with E-state index in [1.807, 2.05) is 18.2 Å². The maximum Gasteiger partial charge on any atom is 1.00 e. The van der Waals surface area contributed by atoms with Gasteiger partial charge in [0.2, 0.25) is 0 Å². The second kappa shape index (κ2) is 6.70. The average molecular weight is 176 g/mol. The van der Waals surface area contributed by atoms with Gasteiger partial charge >= 0.3 is 18.9 Å². The summed E-state index contributed by atoms with van der Waals surface area (Å²) in [4.78, 5) is 0. The van der Waals surface area contributed by atoms with Crippen LogP contribution in [0.3, 0.4) is 0 Å². The molecule has 0 aromatic heterocycles. The molecule has 0 bridgehead atoms. The van der Waals surface area contributed by atoms with Gasteiger partial charge in [0.1, 0.15) is 6.08 Å². The molecule has 4 heteroatoms. The molecule has 1 nitrogen and oxygen atoms in total. The fourth-order valence-electron chi connectivity index (χ4n) is 0.748. The van der Waals surface area contributed by atoms with E-state index in [1.165, 1.54) is 6.26 Å². The molecule has 64 valence electrons. The topological polar surface area (TPSA) is 9.23 Å². The molecule has 0 saturated heterocycles. The Kier molecular flexibility index (Phi) is 6.30. The molecule has 0 fully saturated rings. The molecule has 1 rings (SSSR count). The summed E-state index contributed by atoms with van der Waals surface area (Å²) in [6, 6.07) is 9.05. The smallest absolute Gasteiger partial charge is 0.685 e. The number of hydrogen-bond donors (Lipinski definition) is 0. The van der Waals surface area contributed by atoms with Crippen molar-refractivity contribution in [3.05, 3.63) is 48.2 Å². The van der Waals surface area contributed by atoms with Crippen LogP contribution in [0, 0.1) is 6.26 Å². The monoisotopic (exact) mass is 176 g/mol. The number of halogens is 2. The van der Waals surface area contributed by atoms with E-state index in [4.69, 9.17) is 0 Å². The molecule has 0 heterocycles. The maximum atomic E-state index is 11.4. The van der Waals surface area contributed by atoms with Crippen LogP contribution in [0.1, 0.15) is 5.56 Å². The summed E-state index contributed by atoms with van der Waals surface area (Å²) in [5.41, 5.74) is 0.839. The van der Waals surface area contributed by atoms with E-state index < -0.39 is 6.08 Å². The van der Waals surface area contributed by atoms with Crippen LogP contribution in [-0.4, -0.2) is 0 Å². The van der Waals surface area contributed by atoms with Crippen molar-refractivity contribution in [2.45, 2.75) is 6.61 Å². The van der Waals surface area contributed by atoms with Crippen LogP contribution in [-0.2, 0) is 11.3 Å². The first-order valence-electron chi connectivity index (χ1n) is 3.39. The third kappa shape index (κ3) is 5.46. The van der Waals surface area contributed by atoms with Gasteiger partial charge in [-0.25, -0.2) is 15.0 Å². The minimum atomic E-state index is -1.94.